The number of fused-ring (bicyclic) bond motifs is 1. The van der Waals surface area contributed by atoms with E-state index in [2.05, 4.69) is 0 Å². The van der Waals surface area contributed by atoms with Crippen molar-refractivity contribution in [3.63, 3.8) is 0 Å². The van der Waals surface area contributed by atoms with Gasteiger partial charge >= 0.3 is 5.63 Å². The highest BCUT2D eigenvalue weighted by Crippen LogP contribution is 2.15. The SMILES string of the molecule is CC(C)=c1c(=O)oc2ccc(O)cc2c1=C(C)C. The highest BCUT2D eigenvalue weighted by Gasteiger charge is 2.06. The molecular formula is C15H16O3. The summed E-state index contributed by atoms with van der Waals surface area (Å²) in [6.07, 6.45) is 0. The van der Waals surface area contributed by atoms with Crippen LogP contribution >= 0.6 is 0 Å². The number of phenolic OH excluding ortho intramolecular Hbond substituents is 1. The van der Waals surface area contributed by atoms with Crippen molar-refractivity contribution in [3.05, 3.63) is 39.1 Å². The summed E-state index contributed by atoms with van der Waals surface area (Å²) in [6.45, 7) is 7.66. The molecule has 1 heterocycles. The first-order chi connectivity index (χ1) is 8.41. The average molecular weight is 244 g/mol. The summed E-state index contributed by atoms with van der Waals surface area (Å²) >= 11 is 0. The summed E-state index contributed by atoms with van der Waals surface area (Å²) in [5.41, 5.74) is 2.10. The van der Waals surface area contributed by atoms with E-state index in [0.29, 0.717) is 10.8 Å². The van der Waals surface area contributed by atoms with Crippen LogP contribution in [-0.2, 0) is 0 Å². The van der Waals surface area contributed by atoms with Gasteiger partial charge in [-0.15, -0.1) is 0 Å². The Morgan fingerprint density at radius 3 is 2.22 bits per heavy atom. The van der Waals surface area contributed by atoms with Crippen LogP contribution in [-0.4, -0.2) is 5.11 Å². The zero-order valence-corrected chi connectivity index (χ0v) is 11.0. The number of hydrogen-bond donors (Lipinski definition) is 1. The van der Waals surface area contributed by atoms with Crippen molar-refractivity contribution in [3.8, 4) is 5.75 Å². The van der Waals surface area contributed by atoms with E-state index >= 15 is 0 Å². The number of rotatable bonds is 0. The molecule has 0 radical (unpaired) electrons. The van der Waals surface area contributed by atoms with Crippen molar-refractivity contribution in [1.29, 1.82) is 0 Å². The Morgan fingerprint density at radius 2 is 1.67 bits per heavy atom. The van der Waals surface area contributed by atoms with Crippen molar-refractivity contribution in [2.45, 2.75) is 27.7 Å². The third-order valence-electron chi connectivity index (χ3n) is 2.89. The molecule has 0 saturated carbocycles. The number of benzene rings is 1. The van der Waals surface area contributed by atoms with E-state index in [-0.39, 0.29) is 11.4 Å². The second-order valence-electron chi connectivity index (χ2n) is 4.82. The molecule has 0 unspecified atom stereocenters. The molecule has 1 aromatic carbocycles. The lowest BCUT2D eigenvalue weighted by molar-refractivity contribution is 0.475. The van der Waals surface area contributed by atoms with E-state index in [1.807, 2.05) is 27.7 Å². The van der Waals surface area contributed by atoms with Crippen LogP contribution in [0, 0.1) is 0 Å². The van der Waals surface area contributed by atoms with E-state index in [4.69, 9.17) is 4.42 Å². The summed E-state index contributed by atoms with van der Waals surface area (Å²) in [6, 6.07) is 4.77. The Bertz CT molecular complexity index is 787. The predicted octanol–water partition coefficient (Wildman–Crippen LogP) is 1.88. The van der Waals surface area contributed by atoms with Gasteiger partial charge in [0.15, 0.2) is 0 Å². The van der Waals surface area contributed by atoms with Crippen LogP contribution in [0.4, 0.5) is 0 Å². The molecule has 0 saturated heterocycles. The van der Waals surface area contributed by atoms with Gasteiger partial charge in [0.1, 0.15) is 11.3 Å². The highest BCUT2D eigenvalue weighted by atomic mass is 16.4. The van der Waals surface area contributed by atoms with E-state index in [1.165, 1.54) is 6.07 Å². The van der Waals surface area contributed by atoms with Crippen molar-refractivity contribution >= 4 is 22.1 Å². The van der Waals surface area contributed by atoms with Crippen LogP contribution in [0.1, 0.15) is 27.7 Å². The predicted molar refractivity (Wildman–Crippen MR) is 72.9 cm³/mol. The maximum atomic E-state index is 12.0. The van der Waals surface area contributed by atoms with Gasteiger partial charge in [-0.2, -0.15) is 0 Å². The highest BCUT2D eigenvalue weighted by molar-refractivity contribution is 5.81. The summed E-state index contributed by atoms with van der Waals surface area (Å²) < 4.78 is 5.30. The second kappa shape index (κ2) is 4.33. The van der Waals surface area contributed by atoms with Gasteiger partial charge in [-0.25, -0.2) is 4.79 Å². The normalized spacial score (nSPS) is 10.7. The third-order valence-corrected chi connectivity index (χ3v) is 2.89. The number of hydrogen-bond acceptors (Lipinski definition) is 3. The Kier molecular flexibility index (Phi) is 2.99. The van der Waals surface area contributed by atoms with Crippen molar-refractivity contribution in [2.75, 3.05) is 0 Å². The minimum absolute atomic E-state index is 0.165. The first-order valence-corrected chi connectivity index (χ1v) is 5.82. The lowest BCUT2D eigenvalue weighted by atomic mass is 10.1. The molecule has 3 heteroatoms. The van der Waals surface area contributed by atoms with Crippen LogP contribution in [0.15, 0.2) is 27.4 Å². The van der Waals surface area contributed by atoms with Gasteiger partial charge in [0.25, 0.3) is 0 Å². The zero-order chi connectivity index (χ0) is 13.4. The van der Waals surface area contributed by atoms with Crippen molar-refractivity contribution in [1.82, 2.24) is 0 Å². The summed E-state index contributed by atoms with van der Waals surface area (Å²) in [5.74, 6) is 0.165. The van der Waals surface area contributed by atoms with E-state index in [9.17, 15) is 9.90 Å². The molecule has 18 heavy (non-hydrogen) atoms. The Balaban J connectivity index is 3.31. The molecule has 0 amide bonds. The van der Waals surface area contributed by atoms with Crippen LogP contribution in [0.25, 0.3) is 22.1 Å². The molecule has 1 aromatic heterocycles. The maximum Gasteiger partial charge on any atom is 0.344 e. The smallest absolute Gasteiger partial charge is 0.344 e. The molecule has 2 rings (SSSR count). The summed E-state index contributed by atoms with van der Waals surface area (Å²) in [4.78, 5) is 12.0. The summed E-state index contributed by atoms with van der Waals surface area (Å²) in [5, 5.41) is 11.8. The third kappa shape index (κ3) is 1.92. The molecule has 94 valence electrons. The topological polar surface area (TPSA) is 50.4 Å². The minimum atomic E-state index is -0.329. The molecule has 1 N–H and O–H groups in total. The molecule has 0 aliphatic heterocycles. The first kappa shape index (κ1) is 12.4. The summed E-state index contributed by atoms with van der Waals surface area (Å²) in [7, 11) is 0. The maximum absolute atomic E-state index is 12.0. The average Bonchev–Trinajstić information content (AvgIpc) is 2.27. The molecular weight excluding hydrogens is 228 g/mol. The van der Waals surface area contributed by atoms with E-state index in [0.717, 1.165) is 21.8 Å². The van der Waals surface area contributed by atoms with Gasteiger partial charge in [-0.3, -0.25) is 0 Å². The lowest BCUT2D eigenvalue weighted by Crippen LogP contribution is -2.40. The van der Waals surface area contributed by atoms with Crippen molar-refractivity contribution in [2.24, 2.45) is 0 Å². The van der Waals surface area contributed by atoms with Crippen LogP contribution in [0.5, 0.6) is 5.75 Å². The standard InChI is InChI=1S/C15H16O3/c1-8(2)13-11-7-10(16)5-6-12(11)18-15(17)14(13)9(3)4/h5-7,16H,1-4H3. The fourth-order valence-electron chi connectivity index (χ4n) is 2.16. The molecule has 0 spiro atoms. The minimum Gasteiger partial charge on any atom is -0.508 e. The fraction of sp³-hybridized carbons (Fsp3) is 0.267. The van der Waals surface area contributed by atoms with Crippen LogP contribution in [0.2, 0.25) is 0 Å². The fourth-order valence-corrected chi connectivity index (χ4v) is 2.16. The van der Waals surface area contributed by atoms with Crippen LogP contribution in [0.3, 0.4) is 0 Å². The zero-order valence-electron chi connectivity index (χ0n) is 11.0. The van der Waals surface area contributed by atoms with E-state index < -0.39 is 0 Å². The first-order valence-electron chi connectivity index (χ1n) is 5.82. The van der Waals surface area contributed by atoms with E-state index in [1.54, 1.807) is 12.1 Å². The molecule has 0 aliphatic carbocycles. The second-order valence-corrected chi connectivity index (χ2v) is 4.82. The quantitative estimate of drug-likeness (QED) is 0.720. The van der Waals surface area contributed by atoms with Gasteiger partial charge < -0.3 is 9.52 Å². The molecule has 0 bridgehead atoms. The number of phenols is 1. The van der Waals surface area contributed by atoms with Gasteiger partial charge in [-0.1, -0.05) is 11.1 Å². The molecule has 2 aromatic rings. The van der Waals surface area contributed by atoms with Crippen molar-refractivity contribution < 1.29 is 9.52 Å². The van der Waals surface area contributed by atoms with Gasteiger partial charge in [0.2, 0.25) is 0 Å². The van der Waals surface area contributed by atoms with Gasteiger partial charge in [-0.05, 0) is 51.1 Å². The Labute approximate surface area is 105 Å². The molecule has 0 aliphatic rings. The Morgan fingerprint density at radius 1 is 1.06 bits per heavy atom. The monoisotopic (exact) mass is 244 g/mol. The Hall–Kier alpha value is -2.03. The largest absolute Gasteiger partial charge is 0.508 e. The number of aromatic hydroxyl groups is 1. The lowest BCUT2D eigenvalue weighted by Gasteiger charge is -2.03. The molecule has 0 fully saturated rings. The van der Waals surface area contributed by atoms with Gasteiger partial charge in [0.05, 0.1) is 5.22 Å². The van der Waals surface area contributed by atoms with Crippen LogP contribution < -0.4 is 16.1 Å². The molecule has 3 nitrogen and oxygen atoms in total. The molecule has 0 atom stereocenters. The van der Waals surface area contributed by atoms with Gasteiger partial charge in [0, 0.05) is 5.39 Å².